The Balaban J connectivity index is 1.84. The van der Waals surface area contributed by atoms with Crippen molar-refractivity contribution in [1.82, 2.24) is 0 Å². The van der Waals surface area contributed by atoms with Gasteiger partial charge in [0.05, 0.1) is 12.0 Å². The first-order valence-corrected chi connectivity index (χ1v) is 7.27. The van der Waals surface area contributed by atoms with Crippen LogP contribution < -0.4 is 4.90 Å². The zero-order valence-electron chi connectivity index (χ0n) is 10.7. The molecule has 0 unspecified atom stereocenters. The SMILES string of the molecule is O=C(O)c1ccc2c(c1)N(CCc1ccsc1)C(=O)C2. The number of rotatable bonds is 4. The smallest absolute Gasteiger partial charge is 0.335 e. The number of nitrogens with zero attached hydrogens (tertiary/aromatic N) is 1. The molecule has 0 fully saturated rings. The molecule has 1 aromatic heterocycles. The van der Waals surface area contributed by atoms with Crippen LogP contribution in [0.1, 0.15) is 21.5 Å². The van der Waals surface area contributed by atoms with Crippen LogP contribution in [0.4, 0.5) is 5.69 Å². The Kier molecular flexibility index (Phi) is 3.28. The van der Waals surface area contributed by atoms with Gasteiger partial charge in [-0.25, -0.2) is 4.79 Å². The van der Waals surface area contributed by atoms with Crippen LogP contribution >= 0.6 is 11.3 Å². The summed E-state index contributed by atoms with van der Waals surface area (Å²) in [6, 6.07) is 6.92. The highest BCUT2D eigenvalue weighted by Crippen LogP contribution is 2.30. The van der Waals surface area contributed by atoms with Crippen molar-refractivity contribution < 1.29 is 14.7 Å². The number of fused-ring (bicyclic) bond motifs is 1. The molecule has 5 heteroatoms. The molecule has 3 rings (SSSR count). The van der Waals surface area contributed by atoms with E-state index in [1.807, 2.05) is 11.4 Å². The van der Waals surface area contributed by atoms with Crippen molar-refractivity contribution in [2.75, 3.05) is 11.4 Å². The summed E-state index contributed by atoms with van der Waals surface area (Å²) >= 11 is 1.63. The normalized spacial score (nSPS) is 13.6. The molecule has 4 nitrogen and oxygen atoms in total. The molecular formula is C15H13NO3S. The molecule has 20 heavy (non-hydrogen) atoms. The lowest BCUT2D eigenvalue weighted by molar-refractivity contribution is -0.117. The minimum atomic E-state index is -0.968. The van der Waals surface area contributed by atoms with Crippen LogP contribution in [0.3, 0.4) is 0 Å². The Labute approximate surface area is 120 Å². The summed E-state index contributed by atoms with van der Waals surface area (Å²) in [6.07, 6.45) is 1.14. The summed E-state index contributed by atoms with van der Waals surface area (Å²) < 4.78 is 0. The standard InChI is InChI=1S/C15H13NO3S/c17-14-8-11-1-2-12(15(18)19)7-13(11)16(14)5-3-10-4-6-20-9-10/h1-2,4,6-7,9H,3,5,8H2,(H,18,19). The average molecular weight is 287 g/mol. The van der Waals surface area contributed by atoms with Gasteiger partial charge in [0.1, 0.15) is 0 Å². The van der Waals surface area contributed by atoms with Gasteiger partial charge >= 0.3 is 5.97 Å². The zero-order chi connectivity index (χ0) is 14.1. The second kappa shape index (κ2) is 5.09. The average Bonchev–Trinajstić information content (AvgIpc) is 3.02. The zero-order valence-corrected chi connectivity index (χ0v) is 11.5. The second-order valence-corrected chi connectivity index (χ2v) is 5.53. The lowest BCUT2D eigenvalue weighted by atomic mass is 10.1. The van der Waals surface area contributed by atoms with Gasteiger partial charge in [-0.15, -0.1) is 0 Å². The largest absolute Gasteiger partial charge is 0.478 e. The fraction of sp³-hybridized carbons (Fsp3) is 0.200. The molecule has 1 amide bonds. The van der Waals surface area contributed by atoms with Gasteiger partial charge in [-0.05, 0) is 46.5 Å². The molecule has 2 aromatic rings. The molecule has 2 heterocycles. The highest BCUT2D eigenvalue weighted by Gasteiger charge is 2.27. The van der Waals surface area contributed by atoms with Crippen molar-refractivity contribution in [3.05, 3.63) is 51.7 Å². The molecule has 0 bridgehead atoms. The molecule has 1 aliphatic heterocycles. The van der Waals surface area contributed by atoms with E-state index in [0.717, 1.165) is 17.7 Å². The van der Waals surface area contributed by atoms with Gasteiger partial charge in [0.25, 0.3) is 0 Å². The molecule has 0 atom stereocenters. The predicted molar refractivity (Wildman–Crippen MR) is 77.5 cm³/mol. The van der Waals surface area contributed by atoms with Crippen LogP contribution in [0.15, 0.2) is 35.0 Å². The Morgan fingerprint density at radius 3 is 2.90 bits per heavy atom. The summed E-state index contributed by atoms with van der Waals surface area (Å²) in [5.41, 5.74) is 3.07. The van der Waals surface area contributed by atoms with E-state index in [9.17, 15) is 9.59 Å². The fourth-order valence-corrected chi connectivity index (χ4v) is 3.11. The number of carbonyl (C=O) groups is 2. The number of anilines is 1. The number of hydrogen-bond acceptors (Lipinski definition) is 3. The molecule has 1 N–H and O–H groups in total. The first kappa shape index (κ1) is 12.9. The van der Waals surface area contributed by atoms with Crippen LogP contribution in [0.5, 0.6) is 0 Å². The third-order valence-corrected chi connectivity index (χ3v) is 4.20. The molecule has 1 aromatic carbocycles. The van der Waals surface area contributed by atoms with E-state index < -0.39 is 5.97 Å². The first-order valence-electron chi connectivity index (χ1n) is 6.33. The number of carboxylic acid groups (broad SMARTS) is 1. The van der Waals surface area contributed by atoms with Gasteiger partial charge in [-0.3, -0.25) is 4.79 Å². The van der Waals surface area contributed by atoms with Gasteiger partial charge in [0, 0.05) is 12.2 Å². The summed E-state index contributed by atoms with van der Waals surface area (Å²) in [7, 11) is 0. The first-order chi connectivity index (χ1) is 9.65. The summed E-state index contributed by atoms with van der Waals surface area (Å²) in [5, 5.41) is 13.1. The summed E-state index contributed by atoms with van der Waals surface area (Å²) in [5.74, 6) is -0.928. The van der Waals surface area contributed by atoms with Crippen LogP contribution in [-0.4, -0.2) is 23.5 Å². The number of amides is 1. The van der Waals surface area contributed by atoms with Crippen molar-refractivity contribution in [2.45, 2.75) is 12.8 Å². The van der Waals surface area contributed by atoms with Crippen molar-refractivity contribution in [1.29, 1.82) is 0 Å². The van der Waals surface area contributed by atoms with Crippen LogP contribution in [-0.2, 0) is 17.6 Å². The van der Waals surface area contributed by atoms with Gasteiger partial charge in [0.2, 0.25) is 5.91 Å². The van der Waals surface area contributed by atoms with Crippen molar-refractivity contribution in [3.8, 4) is 0 Å². The third kappa shape index (κ3) is 2.32. The molecule has 0 saturated carbocycles. The van der Waals surface area contributed by atoms with Gasteiger partial charge < -0.3 is 10.0 Å². The monoisotopic (exact) mass is 287 g/mol. The van der Waals surface area contributed by atoms with E-state index in [2.05, 4.69) is 5.38 Å². The summed E-state index contributed by atoms with van der Waals surface area (Å²) in [4.78, 5) is 24.8. The second-order valence-electron chi connectivity index (χ2n) is 4.75. The number of aromatic carboxylic acids is 1. The molecular weight excluding hydrogens is 274 g/mol. The Morgan fingerprint density at radius 2 is 2.20 bits per heavy atom. The molecule has 0 saturated heterocycles. The number of carboxylic acids is 1. The van der Waals surface area contributed by atoms with E-state index in [-0.39, 0.29) is 11.5 Å². The third-order valence-electron chi connectivity index (χ3n) is 3.47. The molecule has 102 valence electrons. The van der Waals surface area contributed by atoms with E-state index in [1.54, 1.807) is 34.4 Å². The molecule has 0 aliphatic carbocycles. The number of benzene rings is 1. The maximum absolute atomic E-state index is 12.1. The van der Waals surface area contributed by atoms with E-state index in [1.165, 1.54) is 5.56 Å². The van der Waals surface area contributed by atoms with Crippen LogP contribution in [0, 0.1) is 0 Å². The van der Waals surface area contributed by atoms with Gasteiger partial charge in [0.15, 0.2) is 0 Å². The lowest BCUT2D eigenvalue weighted by Crippen LogP contribution is -2.29. The maximum Gasteiger partial charge on any atom is 0.335 e. The van der Waals surface area contributed by atoms with Crippen molar-refractivity contribution in [2.24, 2.45) is 0 Å². The van der Waals surface area contributed by atoms with E-state index in [4.69, 9.17) is 5.11 Å². The van der Waals surface area contributed by atoms with Crippen molar-refractivity contribution >= 4 is 28.9 Å². The van der Waals surface area contributed by atoms with E-state index in [0.29, 0.717) is 13.0 Å². The minimum Gasteiger partial charge on any atom is -0.478 e. The Bertz CT molecular complexity index is 664. The van der Waals surface area contributed by atoms with Crippen LogP contribution in [0.25, 0.3) is 0 Å². The fourth-order valence-electron chi connectivity index (χ4n) is 2.41. The molecule has 0 spiro atoms. The Hall–Kier alpha value is -2.14. The number of thiophene rings is 1. The van der Waals surface area contributed by atoms with E-state index >= 15 is 0 Å². The molecule has 1 aliphatic rings. The number of carbonyl (C=O) groups excluding carboxylic acids is 1. The quantitative estimate of drug-likeness (QED) is 0.940. The topological polar surface area (TPSA) is 57.6 Å². The minimum absolute atomic E-state index is 0.0396. The van der Waals surface area contributed by atoms with Crippen molar-refractivity contribution in [3.63, 3.8) is 0 Å². The molecule has 0 radical (unpaired) electrons. The highest BCUT2D eigenvalue weighted by atomic mass is 32.1. The highest BCUT2D eigenvalue weighted by molar-refractivity contribution is 7.07. The summed E-state index contributed by atoms with van der Waals surface area (Å²) in [6.45, 7) is 0.589. The maximum atomic E-state index is 12.1. The van der Waals surface area contributed by atoms with Crippen LogP contribution in [0.2, 0.25) is 0 Å². The van der Waals surface area contributed by atoms with Gasteiger partial charge in [-0.2, -0.15) is 11.3 Å². The lowest BCUT2D eigenvalue weighted by Gasteiger charge is -2.17. The predicted octanol–water partition coefficient (Wildman–Crippen LogP) is 2.58. The Morgan fingerprint density at radius 1 is 1.35 bits per heavy atom. The van der Waals surface area contributed by atoms with Gasteiger partial charge in [-0.1, -0.05) is 6.07 Å². The number of hydrogen-bond donors (Lipinski definition) is 1.